The van der Waals surface area contributed by atoms with E-state index in [9.17, 15) is 5.11 Å². The molecule has 0 radical (unpaired) electrons. The number of benzene rings is 1. The van der Waals surface area contributed by atoms with Crippen molar-refractivity contribution in [2.75, 3.05) is 6.61 Å². The summed E-state index contributed by atoms with van der Waals surface area (Å²) in [5.41, 5.74) is 11.0. The zero-order chi connectivity index (χ0) is 12.8. The van der Waals surface area contributed by atoms with Crippen LogP contribution in [0.25, 0.3) is 0 Å². The summed E-state index contributed by atoms with van der Waals surface area (Å²) in [6.07, 6.45) is 1.45. The smallest absolute Gasteiger partial charge is 0.211 e. The molecule has 92 valence electrons. The second-order valence-corrected chi connectivity index (χ2v) is 3.91. The number of aromatic hydroxyl groups is 1. The second-order valence-electron chi connectivity index (χ2n) is 3.05. The van der Waals surface area contributed by atoms with Crippen LogP contribution in [-0.4, -0.2) is 23.9 Å². The summed E-state index contributed by atoms with van der Waals surface area (Å²) in [5.74, 6) is 0.294. The van der Waals surface area contributed by atoms with Gasteiger partial charge in [-0.05, 0) is 40.5 Å². The third kappa shape index (κ3) is 3.95. The van der Waals surface area contributed by atoms with Crippen molar-refractivity contribution in [3.8, 4) is 11.5 Å². The van der Waals surface area contributed by atoms with E-state index in [1.807, 2.05) is 6.92 Å². The minimum atomic E-state index is -0.121. The average Bonchev–Trinajstić information content (AvgIpc) is 2.25. The average molecular weight is 301 g/mol. The van der Waals surface area contributed by atoms with E-state index in [1.54, 1.807) is 12.1 Å². The Morgan fingerprint density at radius 1 is 1.53 bits per heavy atom. The Morgan fingerprint density at radius 2 is 2.24 bits per heavy atom. The normalized spacial score (nSPS) is 10.5. The largest absolute Gasteiger partial charge is 0.503 e. The van der Waals surface area contributed by atoms with Crippen LogP contribution in [-0.2, 0) is 0 Å². The fourth-order valence-electron chi connectivity index (χ4n) is 1.10. The van der Waals surface area contributed by atoms with E-state index in [-0.39, 0.29) is 11.7 Å². The van der Waals surface area contributed by atoms with E-state index < -0.39 is 0 Å². The first-order chi connectivity index (χ1) is 8.04. The monoisotopic (exact) mass is 300 g/mol. The highest BCUT2D eigenvalue weighted by molar-refractivity contribution is 9.10. The van der Waals surface area contributed by atoms with Crippen LogP contribution in [0, 0.1) is 0 Å². The predicted octanol–water partition coefficient (Wildman–Crippen LogP) is 1.16. The van der Waals surface area contributed by atoms with Crippen molar-refractivity contribution in [1.29, 1.82) is 0 Å². The van der Waals surface area contributed by atoms with Crippen LogP contribution in [0.4, 0.5) is 0 Å². The Balaban J connectivity index is 3.02. The minimum absolute atomic E-state index is 0.0471. The van der Waals surface area contributed by atoms with Crippen molar-refractivity contribution >= 4 is 28.1 Å². The predicted molar refractivity (Wildman–Crippen MR) is 70.4 cm³/mol. The molecule has 0 bridgehead atoms. The van der Waals surface area contributed by atoms with Crippen molar-refractivity contribution < 1.29 is 9.84 Å². The number of phenolic OH excluding ortho intramolecular Hbond substituents is 1. The van der Waals surface area contributed by atoms with E-state index in [0.29, 0.717) is 22.4 Å². The van der Waals surface area contributed by atoms with Gasteiger partial charge in [-0.1, -0.05) is 0 Å². The Bertz CT molecular complexity index is 456. The number of phenols is 1. The van der Waals surface area contributed by atoms with E-state index >= 15 is 0 Å². The molecule has 1 rings (SSSR count). The number of guanidine groups is 1. The molecular weight excluding hydrogens is 288 g/mol. The molecule has 0 fully saturated rings. The maximum Gasteiger partial charge on any atom is 0.211 e. The van der Waals surface area contributed by atoms with Crippen LogP contribution in [0.2, 0.25) is 0 Å². The fraction of sp³-hybridized carbons (Fsp3) is 0.200. The first-order valence-electron chi connectivity index (χ1n) is 4.82. The van der Waals surface area contributed by atoms with Crippen LogP contribution >= 0.6 is 15.9 Å². The van der Waals surface area contributed by atoms with Gasteiger partial charge in [-0.3, -0.25) is 0 Å². The van der Waals surface area contributed by atoms with Gasteiger partial charge in [-0.15, -0.1) is 5.10 Å². The molecule has 0 spiro atoms. The highest BCUT2D eigenvalue weighted by Gasteiger charge is 2.07. The summed E-state index contributed by atoms with van der Waals surface area (Å²) >= 11 is 3.21. The lowest BCUT2D eigenvalue weighted by molar-refractivity contribution is 0.317. The maximum atomic E-state index is 9.68. The lowest BCUT2D eigenvalue weighted by atomic mass is 10.2. The summed E-state index contributed by atoms with van der Waals surface area (Å²) in [6.45, 7) is 2.28. The van der Waals surface area contributed by atoms with Crippen LogP contribution in [0.5, 0.6) is 11.5 Å². The SMILES string of the molecule is CCOc1cc(C=NN=C(N)N)cc(Br)c1O. The lowest BCUT2D eigenvalue weighted by Gasteiger charge is -2.07. The Labute approximate surface area is 107 Å². The summed E-state index contributed by atoms with van der Waals surface area (Å²) in [7, 11) is 0. The molecule has 0 aromatic heterocycles. The zero-order valence-corrected chi connectivity index (χ0v) is 10.8. The van der Waals surface area contributed by atoms with Crippen molar-refractivity contribution in [3.63, 3.8) is 0 Å². The Hall–Kier alpha value is -1.76. The standard InChI is InChI=1S/C10H13BrN4O2/c1-2-17-8-4-6(3-7(11)9(8)16)5-14-15-10(12)13/h3-5,16H,2H2,1H3,(H4,12,13,15). The molecular formula is C10H13BrN4O2. The molecule has 0 saturated carbocycles. The Morgan fingerprint density at radius 3 is 2.82 bits per heavy atom. The van der Waals surface area contributed by atoms with Gasteiger partial charge in [-0.2, -0.15) is 5.10 Å². The topological polar surface area (TPSA) is 106 Å². The molecule has 0 aliphatic carbocycles. The molecule has 0 unspecified atom stereocenters. The number of halogens is 1. The zero-order valence-electron chi connectivity index (χ0n) is 9.22. The number of ether oxygens (including phenoxy) is 1. The van der Waals surface area contributed by atoms with Crippen molar-refractivity contribution in [2.24, 2.45) is 21.7 Å². The number of hydrogen-bond donors (Lipinski definition) is 3. The first kappa shape index (κ1) is 13.3. The summed E-state index contributed by atoms with van der Waals surface area (Å²) in [4.78, 5) is 0. The van der Waals surface area contributed by atoms with Gasteiger partial charge in [0.15, 0.2) is 11.5 Å². The highest BCUT2D eigenvalue weighted by Crippen LogP contribution is 2.34. The number of nitrogens with zero attached hydrogens (tertiary/aromatic N) is 2. The van der Waals surface area contributed by atoms with Gasteiger partial charge in [0.05, 0.1) is 17.3 Å². The van der Waals surface area contributed by atoms with E-state index in [0.717, 1.165) is 0 Å². The third-order valence-corrected chi connectivity index (χ3v) is 2.34. The molecule has 0 amide bonds. The fourth-order valence-corrected chi connectivity index (χ4v) is 1.56. The molecule has 1 aromatic carbocycles. The van der Waals surface area contributed by atoms with Crippen molar-refractivity contribution in [2.45, 2.75) is 6.92 Å². The Kier molecular flexibility index (Phi) is 4.77. The maximum absolute atomic E-state index is 9.68. The summed E-state index contributed by atoms with van der Waals surface area (Å²) in [6, 6.07) is 3.30. The molecule has 6 nitrogen and oxygen atoms in total. The van der Waals surface area contributed by atoms with Crippen LogP contribution in [0.3, 0.4) is 0 Å². The number of hydrogen-bond acceptors (Lipinski definition) is 4. The van der Waals surface area contributed by atoms with Gasteiger partial charge in [-0.25, -0.2) is 0 Å². The van der Waals surface area contributed by atoms with Crippen molar-refractivity contribution in [1.82, 2.24) is 0 Å². The van der Waals surface area contributed by atoms with Crippen molar-refractivity contribution in [3.05, 3.63) is 22.2 Å². The lowest BCUT2D eigenvalue weighted by Crippen LogP contribution is -2.21. The molecule has 7 heteroatoms. The van der Waals surface area contributed by atoms with Crippen LogP contribution in [0.15, 0.2) is 26.8 Å². The summed E-state index contributed by atoms with van der Waals surface area (Å²) < 4.78 is 5.77. The molecule has 0 aliphatic heterocycles. The van der Waals surface area contributed by atoms with Gasteiger partial charge < -0.3 is 21.3 Å². The first-order valence-corrected chi connectivity index (χ1v) is 5.61. The quantitative estimate of drug-likeness (QED) is 0.441. The number of nitrogens with two attached hydrogens (primary N) is 2. The van der Waals surface area contributed by atoms with Gasteiger partial charge in [0.1, 0.15) is 0 Å². The third-order valence-electron chi connectivity index (χ3n) is 1.73. The molecule has 5 N–H and O–H groups in total. The number of rotatable bonds is 4. The van der Waals surface area contributed by atoms with Gasteiger partial charge in [0, 0.05) is 0 Å². The minimum Gasteiger partial charge on any atom is -0.503 e. The van der Waals surface area contributed by atoms with Crippen LogP contribution < -0.4 is 16.2 Å². The van der Waals surface area contributed by atoms with E-state index in [1.165, 1.54) is 6.21 Å². The molecule has 0 aliphatic rings. The molecule has 1 aromatic rings. The highest BCUT2D eigenvalue weighted by atomic mass is 79.9. The van der Waals surface area contributed by atoms with Crippen LogP contribution in [0.1, 0.15) is 12.5 Å². The molecule has 0 heterocycles. The molecule has 0 saturated heterocycles. The van der Waals surface area contributed by atoms with Gasteiger partial charge in [0.25, 0.3) is 0 Å². The van der Waals surface area contributed by atoms with Gasteiger partial charge >= 0.3 is 0 Å². The van der Waals surface area contributed by atoms with E-state index in [4.69, 9.17) is 16.2 Å². The van der Waals surface area contributed by atoms with E-state index in [2.05, 4.69) is 26.1 Å². The summed E-state index contributed by atoms with van der Waals surface area (Å²) in [5, 5.41) is 16.8. The molecule has 17 heavy (non-hydrogen) atoms. The van der Waals surface area contributed by atoms with Gasteiger partial charge in [0.2, 0.25) is 5.96 Å². The second kappa shape index (κ2) is 6.09. The molecule has 0 atom stereocenters.